The van der Waals surface area contributed by atoms with Crippen LogP contribution in [-0.2, 0) is 0 Å². The first-order chi connectivity index (χ1) is 8.69. The van der Waals surface area contributed by atoms with E-state index in [4.69, 9.17) is 11.6 Å². The minimum Gasteiger partial charge on any atom is -0.369 e. The van der Waals surface area contributed by atoms with Crippen LogP contribution in [0.3, 0.4) is 0 Å². The van der Waals surface area contributed by atoms with E-state index in [9.17, 15) is 0 Å². The van der Waals surface area contributed by atoms with Crippen molar-refractivity contribution in [2.45, 2.75) is 13.8 Å². The minimum absolute atomic E-state index is 0.595. The van der Waals surface area contributed by atoms with Gasteiger partial charge >= 0.3 is 0 Å². The Kier molecular flexibility index (Phi) is 4.90. The topological polar surface area (TPSA) is 6.48 Å². The van der Waals surface area contributed by atoms with Gasteiger partial charge in [0.15, 0.2) is 0 Å². The fourth-order valence-electron chi connectivity index (χ4n) is 2.50. The van der Waals surface area contributed by atoms with Gasteiger partial charge in [0.05, 0.1) is 0 Å². The summed E-state index contributed by atoms with van der Waals surface area (Å²) in [5.41, 5.74) is 2.70. The van der Waals surface area contributed by atoms with Crippen LogP contribution in [0.5, 0.6) is 0 Å². The number of anilines is 1. The number of aryl methyl sites for hydroxylation is 1. The minimum atomic E-state index is 0.595. The maximum Gasteiger partial charge on any atom is 0.0369 e. The molecule has 3 heteroatoms. The molecule has 0 radical (unpaired) electrons. The average Bonchev–Trinajstić information content (AvgIpc) is 2.39. The standard InChI is InChI=1S/C15H23ClN2/c1-13-4-3-5-15(10-13)18-8-6-17(7-9-18)12-14(2)11-16/h3-5,10,14H,6-9,11-12H2,1-2H3. The molecule has 1 fully saturated rings. The van der Waals surface area contributed by atoms with Crippen molar-refractivity contribution in [2.24, 2.45) is 5.92 Å². The summed E-state index contributed by atoms with van der Waals surface area (Å²) in [6.07, 6.45) is 0. The third-order valence-corrected chi connectivity index (χ3v) is 4.10. The second-order valence-corrected chi connectivity index (χ2v) is 5.69. The zero-order valence-corrected chi connectivity index (χ0v) is 12.2. The van der Waals surface area contributed by atoms with Crippen LogP contribution in [0, 0.1) is 12.8 Å². The lowest BCUT2D eigenvalue weighted by molar-refractivity contribution is 0.232. The first-order valence-electron chi connectivity index (χ1n) is 6.79. The van der Waals surface area contributed by atoms with Gasteiger partial charge in [0.2, 0.25) is 0 Å². The second-order valence-electron chi connectivity index (χ2n) is 5.39. The number of nitrogens with zero attached hydrogens (tertiary/aromatic N) is 2. The number of piperazine rings is 1. The second kappa shape index (κ2) is 6.44. The SMILES string of the molecule is Cc1cccc(N2CCN(CC(C)CCl)CC2)c1. The van der Waals surface area contributed by atoms with Crippen molar-refractivity contribution in [1.82, 2.24) is 4.90 Å². The molecule has 1 aliphatic heterocycles. The van der Waals surface area contributed by atoms with Crippen molar-refractivity contribution in [3.63, 3.8) is 0 Å². The first kappa shape index (κ1) is 13.7. The molecule has 1 aromatic carbocycles. The zero-order valence-electron chi connectivity index (χ0n) is 11.4. The summed E-state index contributed by atoms with van der Waals surface area (Å²) >= 11 is 5.88. The van der Waals surface area contributed by atoms with Gasteiger partial charge in [-0.25, -0.2) is 0 Å². The average molecular weight is 267 g/mol. The molecule has 0 aromatic heterocycles. The van der Waals surface area contributed by atoms with Crippen molar-refractivity contribution in [3.05, 3.63) is 29.8 Å². The van der Waals surface area contributed by atoms with Gasteiger partial charge < -0.3 is 4.90 Å². The number of halogens is 1. The molecule has 18 heavy (non-hydrogen) atoms. The van der Waals surface area contributed by atoms with Crippen LogP contribution in [0.25, 0.3) is 0 Å². The fraction of sp³-hybridized carbons (Fsp3) is 0.600. The van der Waals surface area contributed by atoms with E-state index < -0.39 is 0 Å². The summed E-state index contributed by atoms with van der Waals surface area (Å²) in [5.74, 6) is 1.36. The highest BCUT2D eigenvalue weighted by atomic mass is 35.5. The number of alkyl halides is 1. The van der Waals surface area contributed by atoms with E-state index in [0.717, 1.165) is 38.6 Å². The van der Waals surface area contributed by atoms with E-state index in [1.165, 1.54) is 11.3 Å². The summed E-state index contributed by atoms with van der Waals surface area (Å²) in [4.78, 5) is 5.01. The van der Waals surface area contributed by atoms with Crippen LogP contribution in [0.15, 0.2) is 24.3 Å². The Labute approximate surface area is 116 Å². The molecular formula is C15H23ClN2. The van der Waals surface area contributed by atoms with Crippen molar-refractivity contribution in [1.29, 1.82) is 0 Å². The predicted octanol–water partition coefficient (Wildman–Crippen LogP) is 2.99. The fourth-order valence-corrected chi connectivity index (χ4v) is 2.60. The maximum atomic E-state index is 5.88. The molecule has 1 aromatic rings. The van der Waals surface area contributed by atoms with Gasteiger partial charge in [-0.15, -0.1) is 11.6 Å². The van der Waals surface area contributed by atoms with Gasteiger partial charge in [-0.1, -0.05) is 19.1 Å². The highest BCUT2D eigenvalue weighted by molar-refractivity contribution is 6.18. The van der Waals surface area contributed by atoms with E-state index in [2.05, 4.69) is 47.9 Å². The Bertz CT molecular complexity index is 373. The lowest BCUT2D eigenvalue weighted by atomic mass is 10.1. The van der Waals surface area contributed by atoms with Crippen LogP contribution in [0.1, 0.15) is 12.5 Å². The van der Waals surface area contributed by atoms with Gasteiger partial charge in [-0.2, -0.15) is 0 Å². The monoisotopic (exact) mass is 266 g/mol. The van der Waals surface area contributed by atoms with Crippen LogP contribution in [-0.4, -0.2) is 43.5 Å². The van der Waals surface area contributed by atoms with Gasteiger partial charge in [0.25, 0.3) is 0 Å². The molecule has 100 valence electrons. The molecule has 0 saturated carbocycles. The van der Waals surface area contributed by atoms with Gasteiger partial charge in [0, 0.05) is 44.3 Å². The zero-order chi connectivity index (χ0) is 13.0. The Hall–Kier alpha value is -0.730. The van der Waals surface area contributed by atoms with E-state index in [0.29, 0.717) is 5.92 Å². The molecule has 2 rings (SSSR count). The Balaban J connectivity index is 1.87. The summed E-state index contributed by atoms with van der Waals surface area (Å²) < 4.78 is 0. The Morgan fingerprint density at radius 1 is 1.22 bits per heavy atom. The van der Waals surface area contributed by atoms with E-state index in [1.54, 1.807) is 0 Å². The summed E-state index contributed by atoms with van der Waals surface area (Å²) in [6.45, 7) is 10.0. The van der Waals surface area contributed by atoms with E-state index in [-0.39, 0.29) is 0 Å². The molecule has 0 spiro atoms. The first-order valence-corrected chi connectivity index (χ1v) is 7.32. The highest BCUT2D eigenvalue weighted by Crippen LogP contribution is 2.18. The summed E-state index contributed by atoms with van der Waals surface area (Å²) in [5, 5.41) is 0. The number of benzene rings is 1. The molecule has 1 saturated heterocycles. The lowest BCUT2D eigenvalue weighted by Crippen LogP contribution is -2.47. The molecule has 1 heterocycles. The predicted molar refractivity (Wildman–Crippen MR) is 79.7 cm³/mol. The Morgan fingerprint density at radius 2 is 1.94 bits per heavy atom. The molecule has 1 unspecified atom stereocenters. The number of hydrogen-bond donors (Lipinski definition) is 0. The molecule has 1 atom stereocenters. The Morgan fingerprint density at radius 3 is 2.56 bits per heavy atom. The molecule has 0 amide bonds. The van der Waals surface area contributed by atoms with Crippen molar-refractivity contribution in [2.75, 3.05) is 43.5 Å². The maximum absolute atomic E-state index is 5.88. The third-order valence-electron chi connectivity index (χ3n) is 3.57. The van der Waals surface area contributed by atoms with Crippen LogP contribution >= 0.6 is 11.6 Å². The van der Waals surface area contributed by atoms with Crippen LogP contribution in [0.2, 0.25) is 0 Å². The molecule has 0 aliphatic carbocycles. The third kappa shape index (κ3) is 3.63. The van der Waals surface area contributed by atoms with Crippen LogP contribution in [0.4, 0.5) is 5.69 Å². The van der Waals surface area contributed by atoms with E-state index >= 15 is 0 Å². The van der Waals surface area contributed by atoms with Gasteiger partial charge in [0.1, 0.15) is 0 Å². The van der Waals surface area contributed by atoms with Gasteiger partial charge in [-0.3, -0.25) is 4.90 Å². The molecule has 2 nitrogen and oxygen atoms in total. The molecule has 1 aliphatic rings. The molecule has 0 N–H and O–H groups in total. The normalized spacial score (nSPS) is 18.9. The van der Waals surface area contributed by atoms with Crippen molar-refractivity contribution in [3.8, 4) is 0 Å². The summed E-state index contributed by atoms with van der Waals surface area (Å²) in [7, 11) is 0. The quantitative estimate of drug-likeness (QED) is 0.773. The largest absolute Gasteiger partial charge is 0.369 e. The highest BCUT2D eigenvalue weighted by Gasteiger charge is 2.18. The summed E-state index contributed by atoms with van der Waals surface area (Å²) in [6, 6.07) is 8.79. The smallest absolute Gasteiger partial charge is 0.0369 e. The van der Waals surface area contributed by atoms with Crippen molar-refractivity contribution >= 4 is 17.3 Å². The van der Waals surface area contributed by atoms with Gasteiger partial charge in [-0.05, 0) is 30.5 Å². The number of hydrogen-bond acceptors (Lipinski definition) is 2. The number of rotatable bonds is 4. The van der Waals surface area contributed by atoms with E-state index in [1.807, 2.05) is 0 Å². The lowest BCUT2D eigenvalue weighted by Gasteiger charge is -2.37. The molecular weight excluding hydrogens is 244 g/mol. The van der Waals surface area contributed by atoms with Crippen molar-refractivity contribution < 1.29 is 0 Å². The molecule has 0 bridgehead atoms. The van der Waals surface area contributed by atoms with Crippen LogP contribution < -0.4 is 4.90 Å².